The van der Waals surface area contributed by atoms with Crippen LogP contribution in [0.3, 0.4) is 0 Å². The standard InChI is InChI=1S/C7H5BrFN/c1-5(8)6-2-3-10-4-7(6)9/h2-4H,1H2. The summed E-state index contributed by atoms with van der Waals surface area (Å²) in [5, 5.41) is 0. The fourth-order valence-electron chi connectivity index (χ4n) is 0.595. The SMILES string of the molecule is C=C(Br)c1ccncc1F. The minimum atomic E-state index is -0.357. The van der Waals surface area contributed by atoms with Crippen LogP contribution in [-0.2, 0) is 0 Å². The highest BCUT2D eigenvalue weighted by atomic mass is 79.9. The lowest BCUT2D eigenvalue weighted by atomic mass is 10.2. The van der Waals surface area contributed by atoms with Gasteiger partial charge in [-0.25, -0.2) is 4.39 Å². The third-order valence-corrected chi connectivity index (χ3v) is 1.49. The Morgan fingerprint density at radius 1 is 1.70 bits per heavy atom. The van der Waals surface area contributed by atoms with E-state index in [4.69, 9.17) is 0 Å². The molecule has 1 rings (SSSR count). The summed E-state index contributed by atoms with van der Waals surface area (Å²) in [6.45, 7) is 3.54. The molecule has 1 nitrogen and oxygen atoms in total. The van der Waals surface area contributed by atoms with Crippen LogP contribution in [0.2, 0.25) is 0 Å². The maximum Gasteiger partial charge on any atom is 0.149 e. The first-order chi connectivity index (χ1) is 4.72. The Labute approximate surface area is 66.7 Å². The predicted octanol–water partition coefficient (Wildman–Crippen LogP) is 2.59. The van der Waals surface area contributed by atoms with Crippen molar-refractivity contribution in [2.75, 3.05) is 0 Å². The van der Waals surface area contributed by atoms with Gasteiger partial charge in [-0.3, -0.25) is 4.98 Å². The zero-order valence-electron chi connectivity index (χ0n) is 5.14. The van der Waals surface area contributed by atoms with Crippen molar-refractivity contribution in [3.63, 3.8) is 0 Å². The lowest BCUT2D eigenvalue weighted by Gasteiger charge is -1.96. The Hall–Kier alpha value is -0.700. The van der Waals surface area contributed by atoms with Crippen molar-refractivity contribution in [2.24, 2.45) is 0 Å². The number of aromatic nitrogens is 1. The normalized spacial score (nSPS) is 9.40. The quantitative estimate of drug-likeness (QED) is 0.681. The number of pyridine rings is 1. The van der Waals surface area contributed by atoms with E-state index >= 15 is 0 Å². The lowest BCUT2D eigenvalue weighted by molar-refractivity contribution is 0.618. The zero-order valence-corrected chi connectivity index (χ0v) is 6.73. The van der Waals surface area contributed by atoms with Crippen LogP contribution in [0.15, 0.2) is 25.0 Å². The van der Waals surface area contributed by atoms with Crippen molar-refractivity contribution in [1.82, 2.24) is 4.98 Å². The molecule has 0 spiro atoms. The highest BCUT2D eigenvalue weighted by Crippen LogP contribution is 2.19. The van der Waals surface area contributed by atoms with Crippen molar-refractivity contribution in [3.8, 4) is 0 Å². The average molecular weight is 202 g/mol. The Bertz CT molecular complexity index is 260. The monoisotopic (exact) mass is 201 g/mol. The van der Waals surface area contributed by atoms with Crippen LogP contribution in [-0.4, -0.2) is 4.98 Å². The number of halogens is 2. The third kappa shape index (κ3) is 1.42. The van der Waals surface area contributed by atoms with Gasteiger partial charge in [-0.2, -0.15) is 0 Å². The molecule has 1 heterocycles. The van der Waals surface area contributed by atoms with Gasteiger partial charge >= 0.3 is 0 Å². The van der Waals surface area contributed by atoms with Crippen molar-refractivity contribution in [2.45, 2.75) is 0 Å². The molecule has 0 aliphatic rings. The lowest BCUT2D eigenvalue weighted by Crippen LogP contribution is -1.84. The smallest absolute Gasteiger partial charge is 0.149 e. The van der Waals surface area contributed by atoms with Gasteiger partial charge in [0.05, 0.1) is 6.20 Å². The van der Waals surface area contributed by atoms with E-state index in [1.54, 1.807) is 6.07 Å². The Morgan fingerprint density at radius 2 is 2.40 bits per heavy atom. The summed E-state index contributed by atoms with van der Waals surface area (Å²) in [7, 11) is 0. The molecule has 0 aliphatic heterocycles. The summed E-state index contributed by atoms with van der Waals surface area (Å²) in [5.41, 5.74) is 0.454. The van der Waals surface area contributed by atoms with E-state index in [1.807, 2.05) is 0 Å². The van der Waals surface area contributed by atoms with E-state index in [0.717, 1.165) is 6.20 Å². The molecule has 0 bridgehead atoms. The summed E-state index contributed by atoms with van der Waals surface area (Å²) in [6.07, 6.45) is 2.67. The van der Waals surface area contributed by atoms with E-state index in [0.29, 0.717) is 10.0 Å². The Morgan fingerprint density at radius 3 is 2.80 bits per heavy atom. The van der Waals surface area contributed by atoms with Crippen LogP contribution >= 0.6 is 15.9 Å². The molecule has 0 saturated heterocycles. The summed E-state index contributed by atoms with van der Waals surface area (Å²) in [5.74, 6) is -0.357. The molecule has 0 aliphatic carbocycles. The molecule has 0 saturated carbocycles. The zero-order chi connectivity index (χ0) is 7.56. The molecular formula is C7H5BrFN. The van der Waals surface area contributed by atoms with Crippen LogP contribution in [0.1, 0.15) is 5.56 Å². The van der Waals surface area contributed by atoms with Gasteiger partial charge in [-0.1, -0.05) is 22.5 Å². The molecule has 52 valence electrons. The molecule has 1 aromatic rings. The second-order valence-electron chi connectivity index (χ2n) is 1.76. The molecule has 0 atom stereocenters. The van der Waals surface area contributed by atoms with Crippen LogP contribution < -0.4 is 0 Å². The second-order valence-corrected chi connectivity index (χ2v) is 2.72. The number of hydrogen-bond donors (Lipinski definition) is 0. The third-order valence-electron chi connectivity index (χ3n) is 1.06. The minimum Gasteiger partial charge on any atom is -0.262 e. The van der Waals surface area contributed by atoms with Gasteiger partial charge in [-0.05, 0) is 6.07 Å². The van der Waals surface area contributed by atoms with E-state index < -0.39 is 0 Å². The van der Waals surface area contributed by atoms with Crippen molar-refractivity contribution < 1.29 is 4.39 Å². The first-order valence-corrected chi connectivity index (χ1v) is 3.45. The number of nitrogens with zero attached hydrogens (tertiary/aromatic N) is 1. The van der Waals surface area contributed by atoms with E-state index in [1.165, 1.54) is 6.20 Å². The topological polar surface area (TPSA) is 12.9 Å². The minimum absolute atomic E-state index is 0.357. The summed E-state index contributed by atoms with van der Waals surface area (Å²) >= 11 is 3.07. The van der Waals surface area contributed by atoms with E-state index in [2.05, 4.69) is 27.5 Å². The van der Waals surface area contributed by atoms with Gasteiger partial charge in [0.15, 0.2) is 0 Å². The Balaban J connectivity index is 3.15. The summed E-state index contributed by atoms with van der Waals surface area (Å²) in [4.78, 5) is 3.59. The molecule has 0 unspecified atom stereocenters. The molecule has 0 fully saturated rings. The van der Waals surface area contributed by atoms with Gasteiger partial charge in [0.25, 0.3) is 0 Å². The number of hydrogen-bond acceptors (Lipinski definition) is 1. The van der Waals surface area contributed by atoms with Crippen molar-refractivity contribution in [1.29, 1.82) is 0 Å². The highest BCUT2D eigenvalue weighted by Gasteiger charge is 2.00. The van der Waals surface area contributed by atoms with Crippen LogP contribution in [0.4, 0.5) is 4.39 Å². The van der Waals surface area contributed by atoms with Gasteiger partial charge in [0, 0.05) is 16.2 Å². The highest BCUT2D eigenvalue weighted by molar-refractivity contribution is 9.15. The van der Waals surface area contributed by atoms with Gasteiger partial charge in [0.1, 0.15) is 5.82 Å². The molecule has 3 heteroatoms. The van der Waals surface area contributed by atoms with Crippen molar-refractivity contribution >= 4 is 20.4 Å². The molecule has 10 heavy (non-hydrogen) atoms. The Kier molecular flexibility index (Phi) is 2.17. The predicted molar refractivity (Wildman–Crippen MR) is 42.2 cm³/mol. The maximum absolute atomic E-state index is 12.7. The molecule has 0 radical (unpaired) electrons. The fraction of sp³-hybridized carbons (Fsp3) is 0. The largest absolute Gasteiger partial charge is 0.262 e. The molecule has 1 aromatic heterocycles. The molecular weight excluding hydrogens is 197 g/mol. The first kappa shape index (κ1) is 7.41. The first-order valence-electron chi connectivity index (χ1n) is 2.66. The summed E-state index contributed by atoms with van der Waals surface area (Å²) in [6, 6.07) is 1.56. The van der Waals surface area contributed by atoms with Crippen LogP contribution in [0, 0.1) is 5.82 Å². The van der Waals surface area contributed by atoms with Crippen LogP contribution in [0.25, 0.3) is 4.48 Å². The molecule has 0 N–H and O–H groups in total. The number of rotatable bonds is 1. The average Bonchev–Trinajstić information content (AvgIpc) is 1.88. The second kappa shape index (κ2) is 2.92. The van der Waals surface area contributed by atoms with Gasteiger partial charge in [-0.15, -0.1) is 0 Å². The van der Waals surface area contributed by atoms with E-state index in [-0.39, 0.29) is 5.82 Å². The van der Waals surface area contributed by atoms with Crippen molar-refractivity contribution in [3.05, 3.63) is 36.4 Å². The maximum atomic E-state index is 12.7. The van der Waals surface area contributed by atoms with Gasteiger partial charge < -0.3 is 0 Å². The molecule has 0 amide bonds. The fourth-order valence-corrected chi connectivity index (χ4v) is 0.917. The van der Waals surface area contributed by atoms with E-state index in [9.17, 15) is 4.39 Å². The summed E-state index contributed by atoms with van der Waals surface area (Å²) < 4.78 is 13.2. The van der Waals surface area contributed by atoms with Gasteiger partial charge in [0.2, 0.25) is 0 Å². The van der Waals surface area contributed by atoms with Crippen LogP contribution in [0.5, 0.6) is 0 Å². The molecule has 0 aromatic carbocycles.